The van der Waals surface area contributed by atoms with E-state index >= 15 is 0 Å². The van der Waals surface area contributed by atoms with Gasteiger partial charge in [0.1, 0.15) is 0 Å². The lowest BCUT2D eigenvalue weighted by Crippen LogP contribution is -2.56. The minimum absolute atomic E-state index is 0.0787. The summed E-state index contributed by atoms with van der Waals surface area (Å²) < 4.78 is 0. The Balaban J connectivity index is 1.98. The van der Waals surface area contributed by atoms with Gasteiger partial charge in [-0.3, -0.25) is 4.79 Å². The number of carbonyl (C=O) groups excluding carboxylic acids is 1. The molecule has 0 heterocycles. The largest absolute Gasteiger partial charge is 0.392 e. The molecule has 0 aliphatic heterocycles. The molecule has 0 radical (unpaired) electrons. The van der Waals surface area contributed by atoms with Gasteiger partial charge in [-0.05, 0) is 31.6 Å². The molecule has 17 heavy (non-hydrogen) atoms. The first-order chi connectivity index (χ1) is 8.06. The third-order valence-electron chi connectivity index (χ3n) is 4.54. The Kier molecular flexibility index (Phi) is 3.71. The second kappa shape index (κ2) is 4.92. The Labute approximate surface area is 109 Å². The summed E-state index contributed by atoms with van der Waals surface area (Å²) in [4.78, 5) is 12.7. The van der Waals surface area contributed by atoms with Gasteiger partial charge in [-0.1, -0.05) is 38.4 Å². The van der Waals surface area contributed by atoms with Crippen molar-refractivity contribution in [3.63, 3.8) is 0 Å². The molecule has 96 valence electrons. The molecular formula is C13H22N2OS. The molecule has 2 rings (SSSR count). The zero-order valence-electron chi connectivity index (χ0n) is 10.5. The molecule has 4 heteroatoms. The minimum Gasteiger partial charge on any atom is -0.392 e. The van der Waals surface area contributed by atoms with Crippen molar-refractivity contribution in [1.82, 2.24) is 5.32 Å². The topological polar surface area (TPSA) is 55.1 Å². The van der Waals surface area contributed by atoms with Crippen molar-refractivity contribution in [1.29, 1.82) is 0 Å². The smallest absolute Gasteiger partial charge is 0.233 e. The summed E-state index contributed by atoms with van der Waals surface area (Å²) in [6, 6.07) is 0.322. The molecule has 0 spiro atoms. The first-order valence-electron chi connectivity index (χ1n) is 6.67. The summed E-state index contributed by atoms with van der Waals surface area (Å²) >= 11 is 5.07. The van der Waals surface area contributed by atoms with Crippen LogP contribution in [0.2, 0.25) is 0 Å². The van der Waals surface area contributed by atoms with Crippen LogP contribution in [0, 0.1) is 11.3 Å². The van der Waals surface area contributed by atoms with Crippen molar-refractivity contribution < 1.29 is 4.79 Å². The van der Waals surface area contributed by atoms with Crippen LogP contribution in [0.4, 0.5) is 0 Å². The van der Waals surface area contributed by atoms with Gasteiger partial charge in [-0.15, -0.1) is 0 Å². The summed E-state index contributed by atoms with van der Waals surface area (Å²) in [6.07, 6.45) is 7.53. The number of rotatable bonds is 3. The fourth-order valence-corrected chi connectivity index (χ4v) is 3.25. The van der Waals surface area contributed by atoms with Crippen molar-refractivity contribution in [2.75, 3.05) is 0 Å². The van der Waals surface area contributed by atoms with E-state index in [2.05, 4.69) is 12.2 Å². The molecule has 0 aromatic heterocycles. The molecule has 3 nitrogen and oxygen atoms in total. The maximum atomic E-state index is 12.3. The highest BCUT2D eigenvalue weighted by atomic mass is 32.1. The highest BCUT2D eigenvalue weighted by Gasteiger charge is 2.47. The van der Waals surface area contributed by atoms with Gasteiger partial charge in [0.25, 0.3) is 0 Å². The molecule has 2 saturated carbocycles. The fourth-order valence-electron chi connectivity index (χ4n) is 2.95. The van der Waals surface area contributed by atoms with Gasteiger partial charge < -0.3 is 11.1 Å². The summed E-state index contributed by atoms with van der Waals surface area (Å²) in [5.74, 6) is 0.658. The highest BCUT2D eigenvalue weighted by Crippen LogP contribution is 2.42. The van der Waals surface area contributed by atoms with Crippen LogP contribution >= 0.6 is 12.2 Å². The first-order valence-corrected chi connectivity index (χ1v) is 7.08. The summed E-state index contributed by atoms with van der Waals surface area (Å²) in [7, 11) is 0. The Bertz CT molecular complexity index is 325. The lowest BCUT2D eigenvalue weighted by atomic mass is 9.67. The van der Waals surface area contributed by atoms with E-state index in [-0.39, 0.29) is 5.91 Å². The van der Waals surface area contributed by atoms with Gasteiger partial charge in [0.2, 0.25) is 5.91 Å². The van der Waals surface area contributed by atoms with Crippen molar-refractivity contribution in [2.45, 2.75) is 57.9 Å². The highest BCUT2D eigenvalue weighted by molar-refractivity contribution is 7.80. The summed E-state index contributed by atoms with van der Waals surface area (Å²) in [5, 5.41) is 3.19. The quantitative estimate of drug-likeness (QED) is 0.759. The molecular weight excluding hydrogens is 232 g/mol. The Morgan fingerprint density at radius 3 is 2.41 bits per heavy atom. The van der Waals surface area contributed by atoms with E-state index in [1.54, 1.807) is 0 Å². The van der Waals surface area contributed by atoms with Gasteiger partial charge >= 0.3 is 0 Å². The van der Waals surface area contributed by atoms with Crippen LogP contribution in [0.1, 0.15) is 51.9 Å². The normalized spacial score (nSPS) is 31.4. The Morgan fingerprint density at radius 1 is 1.29 bits per heavy atom. The van der Waals surface area contributed by atoms with E-state index in [0.717, 1.165) is 25.7 Å². The van der Waals surface area contributed by atoms with Gasteiger partial charge in [0, 0.05) is 6.04 Å². The second-order valence-electron chi connectivity index (χ2n) is 5.64. The Hall–Kier alpha value is -0.640. The molecule has 0 saturated heterocycles. The lowest BCUT2D eigenvalue weighted by molar-refractivity contribution is -0.132. The monoisotopic (exact) mass is 254 g/mol. The average molecular weight is 254 g/mol. The van der Waals surface area contributed by atoms with Crippen LogP contribution in [0.25, 0.3) is 0 Å². The third-order valence-corrected chi connectivity index (χ3v) is 4.93. The molecule has 0 aromatic rings. The second-order valence-corrected chi connectivity index (χ2v) is 6.08. The fraction of sp³-hybridized carbons (Fsp3) is 0.846. The average Bonchev–Trinajstić information content (AvgIpc) is 2.19. The van der Waals surface area contributed by atoms with Crippen molar-refractivity contribution in [2.24, 2.45) is 17.1 Å². The molecule has 2 atom stereocenters. The van der Waals surface area contributed by atoms with Crippen molar-refractivity contribution in [3.05, 3.63) is 0 Å². The molecule has 1 amide bonds. The predicted octanol–water partition coefficient (Wildman–Crippen LogP) is 2.14. The zero-order valence-corrected chi connectivity index (χ0v) is 11.3. The van der Waals surface area contributed by atoms with Gasteiger partial charge in [-0.25, -0.2) is 0 Å². The first kappa shape index (κ1) is 12.8. The molecule has 0 bridgehead atoms. The van der Waals surface area contributed by atoms with Crippen LogP contribution in [-0.2, 0) is 4.79 Å². The SMILES string of the molecule is CC1CCCCC1NC(=O)C1(C(N)=S)CCC1. The van der Waals surface area contributed by atoms with Crippen LogP contribution in [0.3, 0.4) is 0 Å². The number of hydrogen-bond acceptors (Lipinski definition) is 2. The predicted molar refractivity (Wildman–Crippen MR) is 72.6 cm³/mol. The summed E-state index contributed by atoms with van der Waals surface area (Å²) in [5.41, 5.74) is 5.22. The molecule has 0 aromatic carbocycles. The number of nitrogens with two attached hydrogens (primary N) is 1. The Morgan fingerprint density at radius 2 is 1.94 bits per heavy atom. The lowest BCUT2D eigenvalue weighted by Gasteiger charge is -2.41. The van der Waals surface area contributed by atoms with Crippen molar-refractivity contribution >= 4 is 23.1 Å². The van der Waals surface area contributed by atoms with Crippen LogP contribution < -0.4 is 11.1 Å². The third kappa shape index (κ3) is 2.32. The molecule has 2 aliphatic carbocycles. The van der Waals surface area contributed by atoms with Gasteiger partial charge in [0.15, 0.2) is 0 Å². The van der Waals surface area contributed by atoms with Gasteiger partial charge in [-0.2, -0.15) is 0 Å². The number of nitrogens with one attached hydrogen (secondary N) is 1. The zero-order chi connectivity index (χ0) is 12.5. The van der Waals surface area contributed by atoms with Crippen LogP contribution in [-0.4, -0.2) is 16.9 Å². The van der Waals surface area contributed by atoms with E-state index in [1.165, 1.54) is 19.3 Å². The maximum absolute atomic E-state index is 12.3. The van der Waals surface area contributed by atoms with Gasteiger partial charge in [0.05, 0.1) is 10.4 Å². The van der Waals surface area contributed by atoms with E-state index < -0.39 is 5.41 Å². The number of hydrogen-bond donors (Lipinski definition) is 2. The standard InChI is InChI=1S/C13H22N2OS/c1-9-5-2-3-6-10(9)15-12(16)13(11(14)17)7-4-8-13/h9-10H,2-8H2,1H3,(H2,14,17)(H,15,16). The van der Waals surface area contributed by atoms with E-state index in [4.69, 9.17) is 18.0 Å². The number of amides is 1. The molecule has 2 unspecified atom stereocenters. The minimum atomic E-state index is -0.521. The maximum Gasteiger partial charge on any atom is 0.233 e. The molecule has 2 fully saturated rings. The molecule has 2 aliphatic rings. The van der Waals surface area contributed by atoms with Crippen LogP contribution in [0.15, 0.2) is 0 Å². The van der Waals surface area contributed by atoms with E-state index in [9.17, 15) is 4.79 Å². The van der Waals surface area contributed by atoms with Crippen molar-refractivity contribution in [3.8, 4) is 0 Å². The molecule has 3 N–H and O–H groups in total. The number of thiocarbonyl (C=S) groups is 1. The van der Waals surface area contributed by atoms with E-state index in [0.29, 0.717) is 16.9 Å². The number of carbonyl (C=O) groups is 1. The van der Waals surface area contributed by atoms with E-state index in [1.807, 2.05) is 0 Å². The van der Waals surface area contributed by atoms with Crippen LogP contribution in [0.5, 0.6) is 0 Å². The summed E-state index contributed by atoms with van der Waals surface area (Å²) in [6.45, 7) is 2.22.